The summed E-state index contributed by atoms with van der Waals surface area (Å²) in [6, 6.07) is 5.46. The number of carboxylic acid groups (broad SMARTS) is 1. The fraction of sp³-hybridized carbons (Fsp3) is 0.231. The average molecular weight is 277 g/mol. The fourth-order valence-electron chi connectivity index (χ4n) is 1.81. The molecule has 2 rings (SSSR count). The Labute approximate surface area is 115 Å². The molecule has 1 aromatic heterocycles. The minimum Gasteiger partial charge on any atom is -0.478 e. The molecular formula is C13H15N3O2S. The number of hydrogen-bond acceptors (Lipinski definition) is 4. The van der Waals surface area contributed by atoms with Crippen LogP contribution < -0.4 is 5.32 Å². The van der Waals surface area contributed by atoms with E-state index in [1.54, 1.807) is 18.6 Å². The van der Waals surface area contributed by atoms with E-state index in [4.69, 9.17) is 0 Å². The largest absolute Gasteiger partial charge is 0.478 e. The minimum absolute atomic E-state index is 0.334. The van der Waals surface area contributed by atoms with Crippen molar-refractivity contribution in [2.75, 3.05) is 18.1 Å². The molecule has 0 bridgehead atoms. The number of anilines is 1. The fourth-order valence-corrected chi connectivity index (χ4v) is 2.42. The van der Waals surface area contributed by atoms with Gasteiger partial charge in [-0.15, -0.1) is 11.8 Å². The Morgan fingerprint density at radius 1 is 1.53 bits per heavy atom. The molecule has 0 aliphatic heterocycles. The molecule has 0 radical (unpaired) electrons. The van der Waals surface area contributed by atoms with Gasteiger partial charge in [0.1, 0.15) is 0 Å². The SMILES string of the molecule is CSc1cccc(NCCn2ccnc2)c1C(=O)O. The van der Waals surface area contributed by atoms with E-state index >= 15 is 0 Å². The second-order valence-corrected chi connectivity index (χ2v) is 4.76. The molecule has 2 aromatic rings. The lowest BCUT2D eigenvalue weighted by atomic mass is 10.2. The number of nitrogens with one attached hydrogen (secondary N) is 1. The van der Waals surface area contributed by atoms with Crippen LogP contribution in [0.25, 0.3) is 0 Å². The Bertz CT molecular complexity index is 555. The molecule has 6 heteroatoms. The van der Waals surface area contributed by atoms with Crippen molar-refractivity contribution in [2.24, 2.45) is 0 Å². The first-order chi connectivity index (χ1) is 9.22. The topological polar surface area (TPSA) is 67.2 Å². The first-order valence-corrected chi connectivity index (χ1v) is 7.04. The molecule has 0 saturated heterocycles. The van der Waals surface area contributed by atoms with Gasteiger partial charge in [-0.25, -0.2) is 9.78 Å². The Kier molecular flexibility index (Phi) is 4.46. The van der Waals surface area contributed by atoms with E-state index in [-0.39, 0.29) is 0 Å². The highest BCUT2D eigenvalue weighted by Crippen LogP contribution is 2.27. The predicted octanol–water partition coefficient (Wildman–Crippen LogP) is 2.42. The monoisotopic (exact) mass is 277 g/mol. The molecule has 0 spiro atoms. The predicted molar refractivity (Wildman–Crippen MR) is 75.9 cm³/mol. The number of benzene rings is 1. The summed E-state index contributed by atoms with van der Waals surface area (Å²) >= 11 is 1.43. The number of rotatable bonds is 6. The quantitative estimate of drug-likeness (QED) is 0.794. The molecular weight excluding hydrogens is 262 g/mol. The summed E-state index contributed by atoms with van der Waals surface area (Å²) in [4.78, 5) is 16.0. The second-order valence-electron chi connectivity index (χ2n) is 3.92. The van der Waals surface area contributed by atoms with Crippen LogP contribution in [-0.4, -0.2) is 33.4 Å². The molecule has 0 fully saturated rings. The zero-order valence-electron chi connectivity index (χ0n) is 10.5. The number of thioether (sulfide) groups is 1. The molecule has 100 valence electrons. The third-order valence-corrected chi connectivity index (χ3v) is 3.48. The van der Waals surface area contributed by atoms with Gasteiger partial charge in [-0.05, 0) is 18.4 Å². The van der Waals surface area contributed by atoms with Crippen molar-refractivity contribution in [3.05, 3.63) is 42.5 Å². The third kappa shape index (κ3) is 3.29. The zero-order chi connectivity index (χ0) is 13.7. The third-order valence-electron chi connectivity index (χ3n) is 2.70. The molecule has 1 heterocycles. The maximum Gasteiger partial charge on any atom is 0.338 e. The van der Waals surface area contributed by atoms with Gasteiger partial charge in [-0.2, -0.15) is 0 Å². The van der Waals surface area contributed by atoms with Crippen molar-refractivity contribution in [2.45, 2.75) is 11.4 Å². The summed E-state index contributed by atoms with van der Waals surface area (Å²) in [6.45, 7) is 1.39. The number of carbonyl (C=O) groups is 1. The van der Waals surface area contributed by atoms with E-state index in [1.165, 1.54) is 11.8 Å². The Morgan fingerprint density at radius 3 is 3.00 bits per heavy atom. The van der Waals surface area contributed by atoms with Crippen LogP contribution in [0.4, 0.5) is 5.69 Å². The van der Waals surface area contributed by atoms with E-state index in [1.807, 2.05) is 29.2 Å². The number of aromatic carboxylic acids is 1. The van der Waals surface area contributed by atoms with Crippen molar-refractivity contribution < 1.29 is 9.90 Å². The summed E-state index contributed by atoms with van der Waals surface area (Å²) in [5.74, 6) is -0.907. The van der Waals surface area contributed by atoms with E-state index in [2.05, 4.69) is 10.3 Å². The van der Waals surface area contributed by atoms with Crippen molar-refractivity contribution in [3.63, 3.8) is 0 Å². The van der Waals surface area contributed by atoms with Crippen LogP contribution in [0.1, 0.15) is 10.4 Å². The molecule has 0 aliphatic carbocycles. The molecule has 1 aromatic carbocycles. The Hall–Kier alpha value is -1.95. The molecule has 0 aliphatic rings. The minimum atomic E-state index is -0.907. The highest BCUT2D eigenvalue weighted by atomic mass is 32.2. The van der Waals surface area contributed by atoms with Crippen LogP contribution in [0.5, 0.6) is 0 Å². The molecule has 0 atom stereocenters. The van der Waals surface area contributed by atoms with Crippen LogP contribution in [0, 0.1) is 0 Å². The van der Waals surface area contributed by atoms with Gasteiger partial charge in [0, 0.05) is 36.1 Å². The Balaban J connectivity index is 2.09. The first kappa shape index (κ1) is 13.5. The van der Waals surface area contributed by atoms with Gasteiger partial charge >= 0.3 is 5.97 Å². The van der Waals surface area contributed by atoms with Crippen LogP contribution in [-0.2, 0) is 6.54 Å². The van der Waals surface area contributed by atoms with Crippen molar-refractivity contribution in [1.82, 2.24) is 9.55 Å². The maximum absolute atomic E-state index is 11.3. The molecule has 2 N–H and O–H groups in total. The summed E-state index contributed by atoms with van der Waals surface area (Å²) in [5.41, 5.74) is 0.986. The highest BCUT2D eigenvalue weighted by Gasteiger charge is 2.14. The highest BCUT2D eigenvalue weighted by molar-refractivity contribution is 7.98. The van der Waals surface area contributed by atoms with Crippen LogP contribution >= 0.6 is 11.8 Å². The van der Waals surface area contributed by atoms with Crippen molar-refractivity contribution in [1.29, 1.82) is 0 Å². The number of aromatic nitrogens is 2. The summed E-state index contributed by atoms with van der Waals surface area (Å²) in [7, 11) is 0. The summed E-state index contributed by atoms with van der Waals surface area (Å²) in [5, 5.41) is 12.5. The van der Waals surface area contributed by atoms with Crippen molar-refractivity contribution in [3.8, 4) is 0 Å². The molecule has 0 amide bonds. The normalized spacial score (nSPS) is 10.4. The van der Waals surface area contributed by atoms with Gasteiger partial charge < -0.3 is 15.0 Å². The number of hydrogen-bond donors (Lipinski definition) is 2. The van der Waals surface area contributed by atoms with Gasteiger partial charge in [-0.3, -0.25) is 0 Å². The number of carboxylic acids is 1. The van der Waals surface area contributed by atoms with Gasteiger partial charge in [0.15, 0.2) is 0 Å². The lowest BCUT2D eigenvalue weighted by Gasteiger charge is -2.12. The molecule has 5 nitrogen and oxygen atoms in total. The molecule has 0 unspecified atom stereocenters. The maximum atomic E-state index is 11.3. The lowest BCUT2D eigenvalue weighted by molar-refractivity contribution is 0.0694. The standard InChI is InChI=1S/C13H15N3O2S/c1-19-11-4-2-3-10(12(11)13(17)18)15-6-8-16-7-5-14-9-16/h2-5,7,9,15H,6,8H2,1H3,(H,17,18). The van der Waals surface area contributed by atoms with E-state index in [0.717, 1.165) is 11.4 Å². The number of nitrogens with zero attached hydrogens (tertiary/aromatic N) is 2. The van der Waals surface area contributed by atoms with E-state index in [9.17, 15) is 9.90 Å². The average Bonchev–Trinajstić information content (AvgIpc) is 2.91. The zero-order valence-corrected chi connectivity index (χ0v) is 11.4. The van der Waals surface area contributed by atoms with Gasteiger partial charge in [0.05, 0.1) is 11.9 Å². The summed E-state index contributed by atoms with van der Waals surface area (Å²) < 4.78 is 1.94. The van der Waals surface area contributed by atoms with Gasteiger partial charge in [-0.1, -0.05) is 6.07 Å². The summed E-state index contributed by atoms with van der Waals surface area (Å²) in [6.07, 6.45) is 7.20. The smallest absolute Gasteiger partial charge is 0.338 e. The molecule has 0 saturated carbocycles. The van der Waals surface area contributed by atoms with Gasteiger partial charge in [0.25, 0.3) is 0 Å². The van der Waals surface area contributed by atoms with Crippen LogP contribution in [0.2, 0.25) is 0 Å². The van der Waals surface area contributed by atoms with E-state index < -0.39 is 5.97 Å². The van der Waals surface area contributed by atoms with Crippen LogP contribution in [0.15, 0.2) is 41.8 Å². The Morgan fingerprint density at radius 2 is 2.37 bits per heavy atom. The van der Waals surface area contributed by atoms with Crippen molar-refractivity contribution >= 4 is 23.4 Å². The van der Waals surface area contributed by atoms with Gasteiger partial charge in [0.2, 0.25) is 0 Å². The molecule has 19 heavy (non-hydrogen) atoms. The lowest BCUT2D eigenvalue weighted by Crippen LogP contribution is -2.12. The number of imidazole rings is 1. The van der Waals surface area contributed by atoms with E-state index in [0.29, 0.717) is 17.8 Å². The first-order valence-electron chi connectivity index (χ1n) is 5.82. The van der Waals surface area contributed by atoms with Crippen LogP contribution in [0.3, 0.4) is 0 Å². The second kappa shape index (κ2) is 6.29.